The number of hydrogen-bond donors (Lipinski definition) is 1. The van der Waals surface area contributed by atoms with Gasteiger partial charge in [0.25, 0.3) is 0 Å². The Labute approximate surface area is 118 Å². The van der Waals surface area contributed by atoms with Gasteiger partial charge in [-0.3, -0.25) is 0 Å². The van der Waals surface area contributed by atoms with Gasteiger partial charge in [0.2, 0.25) is 0 Å². The smallest absolute Gasteiger partial charge is 0.543 e. The van der Waals surface area contributed by atoms with Crippen LogP contribution >= 0.6 is 23.2 Å². The molecule has 0 amide bonds. The van der Waals surface area contributed by atoms with Crippen LogP contribution in [-0.2, 0) is 0 Å². The molecule has 0 bridgehead atoms. The Balaban J connectivity index is 0.00000112. The summed E-state index contributed by atoms with van der Waals surface area (Å²) in [5, 5.41) is 11.6. The van der Waals surface area contributed by atoms with Crippen molar-refractivity contribution >= 4 is 40.1 Å². The first kappa shape index (κ1) is 12.9. The Hall–Kier alpha value is -0.190. The van der Waals surface area contributed by atoms with Gasteiger partial charge in [-0.2, -0.15) is 0 Å². The number of carboxylic acids is 1. The number of fused-ring (bicyclic) bond motifs is 1. The Kier molecular flexibility index (Phi) is 4.09. The average molecular weight is 252 g/mol. The van der Waals surface area contributed by atoms with Crippen molar-refractivity contribution < 1.29 is 39.5 Å². The summed E-state index contributed by atoms with van der Waals surface area (Å²) in [5.74, 6) is -1.35. The largest absolute Gasteiger partial charge is 1.00 e. The first-order valence-electron chi connectivity index (χ1n) is 3.78. The molecule has 72 valence electrons. The number of hydrogen-bond acceptors (Lipinski definition) is 2. The van der Waals surface area contributed by atoms with E-state index in [1.54, 1.807) is 18.2 Å². The molecule has 2 aromatic rings. The minimum absolute atomic E-state index is 0. The van der Waals surface area contributed by atoms with Gasteiger partial charge in [0, 0.05) is 10.9 Å². The second-order valence-electron chi connectivity index (χ2n) is 2.76. The molecule has 0 radical (unpaired) electrons. The predicted octanol–water partition coefficient (Wildman–Crippen LogP) is -1.16. The van der Waals surface area contributed by atoms with Crippen LogP contribution in [0.25, 0.3) is 10.9 Å². The van der Waals surface area contributed by atoms with Crippen LogP contribution in [0.3, 0.4) is 0 Å². The van der Waals surface area contributed by atoms with E-state index in [9.17, 15) is 9.90 Å². The number of carboxylic acid groups (broad SMARTS) is 1. The molecule has 0 spiro atoms. The predicted molar refractivity (Wildman–Crippen MR) is 52.6 cm³/mol. The number of benzene rings is 1. The van der Waals surface area contributed by atoms with Crippen LogP contribution < -0.4 is 34.7 Å². The number of aromatic carboxylic acids is 1. The van der Waals surface area contributed by atoms with Crippen molar-refractivity contribution in [2.45, 2.75) is 0 Å². The molecule has 0 atom stereocenters. The number of nitrogens with one attached hydrogen (secondary N) is 1. The quantitative estimate of drug-likeness (QED) is 0.651. The van der Waals surface area contributed by atoms with Crippen molar-refractivity contribution in [3.8, 4) is 0 Å². The van der Waals surface area contributed by atoms with Gasteiger partial charge in [0.15, 0.2) is 0 Å². The van der Waals surface area contributed by atoms with E-state index in [0.29, 0.717) is 15.9 Å². The number of carbonyl (C=O) groups excluding carboxylic acids is 1. The molecule has 0 aliphatic carbocycles. The number of carbonyl (C=O) groups is 1. The number of H-pyrrole nitrogens is 1. The van der Waals surface area contributed by atoms with Gasteiger partial charge in [-0.1, -0.05) is 29.3 Å². The zero-order valence-electron chi connectivity index (χ0n) is 7.80. The molecule has 1 heterocycles. The van der Waals surface area contributed by atoms with E-state index in [-0.39, 0.29) is 40.3 Å². The fourth-order valence-corrected chi connectivity index (χ4v) is 1.95. The third-order valence-corrected chi connectivity index (χ3v) is 2.61. The molecule has 0 fully saturated rings. The summed E-state index contributed by atoms with van der Waals surface area (Å²) in [6, 6.07) is 5.04. The fraction of sp³-hybridized carbons (Fsp3) is 0. The second-order valence-corrected chi connectivity index (χ2v) is 3.55. The third-order valence-electron chi connectivity index (χ3n) is 1.92. The summed E-state index contributed by atoms with van der Waals surface area (Å²) in [6.45, 7) is 0. The zero-order chi connectivity index (χ0) is 10.3. The number of halogens is 2. The molecular formula is C9H4Cl2NNaO2. The van der Waals surface area contributed by atoms with Crippen LogP contribution in [0.1, 0.15) is 10.5 Å². The Morgan fingerprint density at radius 1 is 1.33 bits per heavy atom. The molecule has 0 unspecified atom stereocenters. The number of aromatic amines is 1. The van der Waals surface area contributed by atoms with Gasteiger partial charge in [-0.25, -0.2) is 0 Å². The molecule has 1 N–H and O–H groups in total. The van der Waals surface area contributed by atoms with Gasteiger partial charge in [-0.05, 0) is 12.1 Å². The molecule has 1 aromatic heterocycles. The van der Waals surface area contributed by atoms with Crippen molar-refractivity contribution in [3.05, 3.63) is 33.9 Å². The van der Waals surface area contributed by atoms with E-state index in [4.69, 9.17) is 23.2 Å². The fourth-order valence-electron chi connectivity index (χ4n) is 1.31. The zero-order valence-corrected chi connectivity index (χ0v) is 11.3. The van der Waals surface area contributed by atoms with Crippen molar-refractivity contribution in [1.29, 1.82) is 0 Å². The summed E-state index contributed by atoms with van der Waals surface area (Å²) in [6.07, 6.45) is 0. The molecule has 0 aliphatic rings. The molecule has 0 saturated carbocycles. The molecule has 3 nitrogen and oxygen atoms in total. The van der Waals surface area contributed by atoms with Gasteiger partial charge in [0.05, 0.1) is 21.7 Å². The average Bonchev–Trinajstić information content (AvgIpc) is 2.45. The van der Waals surface area contributed by atoms with Crippen LogP contribution in [-0.4, -0.2) is 11.0 Å². The molecular weight excluding hydrogens is 248 g/mol. The van der Waals surface area contributed by atoms with E-state index in [1.807, 2.05) is 0 Å². The summed E-state index contributed by atoms with van der Waals surface area (Å²) >= 11 is 11.7. The van der Waals surface area contributed by atoms with Gasteiger partial charge in [-0.15, -0.1) is 0 Å². The van der Waals surface area contributed by atoms with Gasteiger partial charge in [0.1, 0.15) is 0 Å². The SMILES string of the molecule is O=C([O-])c1[nH]c2cccc(Cl)c2c1Cl.[Na+]. The van der Waals surface area contributed by atoms with E-state index in [2.05, 4.69) is 4.98 Å². The molecule has 0 aliphatic heterocycles. The van der Waals surface area contributed by atoms with Crippen molar-refractivity contribution in [2.75, 3.05) is 0 Å². The third kappa shape index (κ3) is 2.17. The van der Waals surface area contributed by atoms with E-state index < -0.39 is 5.97 Å². The first-order chi connectivity index (χ1) is 6.61. The Morgan fingerprint density at radius 3 is 2.53 bits per heavy atom. The maximum atomic E-state index is 10.6. The summed E-state index contributed by atoms with van der Waals surface area (Å²) in [4.78, 5) is 13.3. The maximum Gasteiger partial charge on any atom is 1.00 e. The number of aromatic nitrogens is 1. The monoisotopic (exact) mass is 251 g/mol. The van der Waals surface area contributed by atoms with Crippen LogP contribution in [0.15, 0.2) is 18.2 Å². The topological polar surface area (TPSA) is 55.9 Å². The van der Waals surface area contributed by atoms with Crippen molar-refractivity contribution in [3.63, 3.8) is 0 Å². The summed E-state index contributed by atoms with van der Waals surface area (Å²) in [7, 11) is 0. The van der Waals surface area contributed by atoms with E-state index >= 15 is 0 Å². The van der Waals surface area contributed by atoms with Crippen molar-refractivity contribution in [2.24, 2.45) is 0 Å². The molecule has 1 aromatic carbocycles. The van der Waals surface area contributed by atoms with Crippen LogP contribution in [0.4, 0.5) is 0 Å². The van der Waals surface area contributed by atoms with Gasteiger partial charge < -0.3 is 14.9 Å². The number of rotatable bonds is 1. The summed E-state index contributed by atoms with van der Waals surface area (Å²) in [5.41, 5.74) is 0.441. The minimum Gasteiger partial charge on any atom is -0.543 e. The molecule has 2 rings (SSSR count). The maximum absolute atomic E-state index is 10.6. The Morgan fingerprint density at radius 2 is 2.00 bits per heavy atom. The molecule has 0 saturated heterocycles. The van der Waals surface area contributed by atoms with Crippen LogP contribution in [0.2, 0.25) is 10.0 Å². The Bertz CT molecular complexity index is 524. The second kappa shape index (κ2) is 4.76. The van der Waals surface area contributed by atoms with E-state index in [0.717, 1.165) is 0 Å². The summed E-state index contributed by atoms with van der Waals surface area (Å²) < 4.78 is 0. The standard InChI is InChI=1S/C9H5Cl2NO2.Na/c10-4-2-1-3-5-6(4)7(11)8(12-5)9(13)14;/h1-3,12H,(H,13,14);/q;+1/p-1. The van der Waals surface area contributed by atoms with Crippen molar-refractivity contribution in [1.82, 2.24) is 4.98 Å². The first-order valence-corrected chi connectivity index (χ1v) is 4.54. The van der Waals surface area contributed by atoms with Crippen LogP contribution in [0, 0.1) is 0 Å². The van der Waals surface area contributed by atoms with E-state index in [1.165, 1.54) is 0 Å². The molecule has 6 heteroatoms. The normalized spacial score (nSPS) is 10.0. The van der Waals surface area contributed by atoms with Crippen LogP contribution in [0.5, 0.6) is 0 Å². The molecule has 15 heavy (non-hydrogen) atoms. The van der Waals surface area contributed by atoms with Gasteiger partial charge >= 0.3 is 29.6 Å². The minimum atomic E-state index is -1.35.